The van der Waals surface area contributed by atoms with Crippen LogP contribution in [0.25, 0.3) is 22.2 Å². The van der Waals surface area contributed by atoms with E-state index in [1.54, 1.807) is 41.1 Å². The first-order chi connectivity index (χ1) is 14.9. The number of imide groups is 1. The molecule has 0 unspecified atom stereocenters. The van der Waals surface area contributed by atoms with Crippen molar-refractivity contribution in [3.63, 3.8) is 0 Å². The van der Waals surface area contributed by atoms with Gasteiger partial charge < -0.3 is 4.90 Å². The minimum atomic E-state index is -2.69. The molecule has 160 valence electrons. The summed E-state index contributed by atoms with van der Waals surface area (Å²) < 4.78 is 29.8. The van der Waals surface area contributed by atoms with E-state index < -0.39 is 6.43 Å². The number of aromatic nitrogens is 3. The van der Waals surface area contributed by atoms with Crippen molar-refractivity contribution in [1.82, 2.24) is 24.8 Å². The SMILES string of the molecule is CN1C(=O)CN(Cc2ccc(-c3ccc4c(nnn4CC4CC4)c3C(F)F)cc2)C1=O. The number of rotatable bonds is 6. The number of amides is 3. The fourth-order valence-corrected chi connectivity index (χ4v) is 4.00. The van der Waals surface area contributed by atoms with Crippen LogP contribution in [0.3, 0.4) is 0 Å². The molecule has 0 bridgehead atoms. The summed E-state index contributed by atoms with van der Waals surface area (Å²) in [6.45, 7) is 1.03. The van der Waals surface area contributed by atoms with Crippen LogP contribution in [0.15, 0.2) is 36.4 Å². The quantitative estimate of drug-likeness (QED) is 0.563. The van der Waals surface area contributed by atoms with E-state index >= 15 is 0 Å². The molecule has 1 aliphatic heterocycles. The molecule has 2 heterocycles. The number of carbonyl (C=O) groups is 2. The summed E-state index contributed by atoms with van der Waals surface area (Å²) in [6.07, 6.45) is -0.407. The number of hydrogen-bond acceptors (Lipinski definition) is 4. The topological polar surface area (TPSA) is 71.3 Å². The van der Waals surface area contributed by atoms with Gasteiger partial charge in [-0.25, -0.2) is 18.3 Å². The van der Waals surface area contributed by atoms with Gasteiger partial charge in [-0.05, 0) is 41.5 Å². The van der Waals surface area contributed by atoms with E-state index in [2.05, 4.69) is 10.3 Å². The lowest BCUT2D eigenvalue weighted by Gasteiger charge is -2.15. The normalized spacial score (nSPS) is 16.9. The summed E-state index contributed by atoms with van der Waals surface area (Å²) in [5.74, 6) is 0.316. The Morgan fingerprint density at radius 1 is 1.10 bits per heavy atom. The number of carbonyl (C=O) groups excluding carboxylic acids is 2. The molecule has 0 spiro atoms. The van der Waals surface area contributed by atoms with E-state index in [1.807, 2.05) is 0 Å². The first kappa shape index (κ1) is 19.6. The molecule has 0 atom stereocenters. The monoisotopic (exact) mass is 425 g/mol. The molecule has 3 amide bonds. The van der Waals surface area contributed by atoms with Gasteiger partial charge in [-0.15, -0.1) is 5.10 Å². The zero-order chi connectivity index (χ0) is 21.7. The Morgan fingerprint density at radius 3 is 2.45 bits per heavy atom. The van der Waals surface area contributed by atoms with Crippen molar-refractivity contribution >= 4 is 23.0 Å². The molecular formula is C22H21F2N5O2. The van der Waals surface area contributed by atoms with Crippen LogP contribution in [0.2, 0.25) is 0 Å². The van der Waals surface area contributed by atoms with Crippen LogP contribution < -0.4 is 0 Å². The van der Waals surface area contributed by atoms with Gasteiger partial charge in [0, 0.05) is 20.1 Å². The molecule has 1 saturated heterocycles. The Bertz CT molecular complexity index is 1170. The largest absolute Gasteiger partial charge is 0.327 e. The standard InChI is InChI=1S/C22H21F2N5O2/c1-27-18(30)12-28(22(27)31)10-13-4-6-15(7-5-13)16-8-9-17-20(19(16)21(23)24)25-26-29(17)11-14-2-3-14/h4-9,14,21H,2-3,10-12H2,1H3. The number of nitrogens with zero attached hydrogens (tertiary/aromatic N) is 5. The highest BCUT2D eigenvalue weighted by molar-refractivity contribution is 6.01. The molecule has 2 fully saturated rings. The average molecular weight is 425 g/mol. The summed E-state index contributed by atoms with van der Waals surface area (Å²) >= 11 is 0. The molecule has 1 aromatic heterocycles. The molecule has 2 aliphatic rings. The van der Waals surface area contributed by atoms with Crippen molar-refractivity contribution in [2.75, 3.05) is 13.6 Å². The van der Waals surface area contributed by atoms with Crippen molar-refractivity contribution < 1.29 is 18.4 Å². The number of fused-ring (bicyclic) bond motifs is 1. The van der Waals surface area contributed by atoms with Gasteiger partial charge in [0.25, 0.3) is 6.43 Å². The third-order valence-electron chi connectivity index (χ3n) is 5.97. The highest BCUT2D eigenvalue weighted by Crippen LogP contribution is 2.37. The highest BCUT2D eigenvalue weighted by atomic mass is 19.3. The molecular weight excluding hydrogens is 404 g/mol. The summed E-state index contributed by atoms with van der Waals surface area (Å²) in [7, 11) is 1.45. The second-order valence-corrected chi connectivity index (χ2v) is 8.20. The molecule has 9 heteroatoms. The minimum Gasteiger partial charge on any atom is -0.311 e. The number of likely N-dealkylation sites (N-methyl/N-ethyl adjacent to an activating group) is 1. The average Bonchev–Trinajstić information content (AvgIpc) is 3.44. The third kappa shape index (κ3) is 3.54. The lowest BCUT2D eigenvalue weighted by atomic mass is 9.97. The van der Waals surface area contributed by atoms with Gasteiger partial charge in [-0.3, -0.25) is 9.69 Å². The lowest BCUT2D eigenvalue weighted by Crippen LogP contribution is -2.29. The zero-order valence-electron chi connectivity index (χ0n) is 17.0. The zero-order valence-corrected chi connectivity index (χ0v) is 17.0. The summed E-state index contributed by atoms with van der Waals surface area (Å²) in [5.41, 5.74) is 2.62. The summed E-state index contributed by atoms with van der Waals surface area (Å²) in [6, 6.07) is 10.2. The van der Waals surface area contributed by atoms with E-state index in [-0.39, 0.29) is 36.1 Å². The first-order valence-electron chi connectivity index (χ1n) is 10.2. The van der Waals surface area contributed by atoms with Gasteiger partial charge in [-0.2, -0.15) is 0 Å². The Balaban J connectivity index is 1.44. The Hall–Kier alpha value is -3.36. The Morgan fingerprint density at radius 2 is 1.84 bits per heavy atom. The molecule has 1 saturated carbocycles. The Labute approximate surface area is 177 Å². The first-order valence-corrected chi connectivity index (χ1v) is 10.2. The maximum atomic E-state index is 14.0. The molecule has 0 radical (unpaired) electrons. The number of alkyl halides is 2. The fraction of sp³-hybridized carbons (Fsp3) is 0.364. The lowest BCUT2D eigenvalue weighted by molar-refractivity contribution is -0.124. The van der Waals surface area contributed by atoms with Crippen LogP contribution in [0.1, 0.15) is 30.4 Å². The van der Waals surface area contributed by atoms with Gasteiger partial charge in [0.15, 0.2) is 0 Å². The van der Waals surface area contributed by atoms with E-state index in [9.17, 15) is 18.4 Å². The van der Waals surface area contributed by atoms with E-state index in [0.29, 0.717) is 29.1 Å². The molecule has 2 aromatic carbocycles. The van der Waals surface area contributed by atoms with Gasteiger partial charge in [-0.1, -0.05) is 35.5 Å². The fourth-order valence-electron chi connectivity index (χ4n) is 4.00. The van der Waals surface area contributed by atoms with Crippen molar-refractivity contribution in [2.24, 2.45) is 5.92 Å². The van der Waals surface area contributed by atoms with Crippen molar-refractivity contribution in [3.8, 4) is 11.1 Å². The summed E-state index contributed by atoms with van der Waals surface area (Å²) in [5, 5.41) is 8.18. The molecule has 1 aliphatic carbocycles. The molecule has 5 rings (SSSR count). The maximum Gasteiger partial charge on any atom is 0.327 e. The van der Waals surface area contributed by atoms with Crippen LogP contribution in [0.4, 0.5) is 13.6 Å². The predicted molar refractivity (Wildman–Crippen MR) is 109 cm³/mol. The van der Waals surface area contributed by atoms with Crippen molar-refractivity contribution in [1.29, 1.82) is 0 Å². The predicted octanol–water partition coefficient (Wildman–Crippen LogP) is 3.84. The van der Waals surface area contributed by atoms with Crippen LogP contribution in [0.5, 0.6) is 0 Å². The molecule has 0 N–H and O–H groups in total. The molecule has 7 nitrogen and oxygen atoms in total. The third-order valence-corrected chi connectivity index (χ3v) is 5.97. The summed E-state index contributed by atoms with van der Waals surface area (Å²) in [4.78, 5) is 26.3. The van der Waals surface area contributed by atoms with Gasteiger partial charge in [0.05, 0.1) is 11.1 Å². The van der Waals surface area contributed by atoms with Crippen LogP contribution >= 0.6 is 0 Å². The van der Waals surface area contributed by atoms with Crippen LogP contribution in [-0.2, 0) is 17.9 Å². The van der Waals surface area contributed by atoms with Gasteiger partial charge >= 0.3 is 6.03 Å². The Kier molecular flexibility index (Phi) is 4.68. The van der Waals surface area contributed by atoms with E-state index in [0.717, 1.165) is 23.3 Å². The number of urea groups is 1. The molecule has 31 heavy (non-hydrogen) atoms. The van der Waals surface area contributed by atoms with Crippen LogP contribution in [0, 0.1) is 5.92 Å². The second kappa shape index (κ2) is 7.40. The van der Waals surface area contributed by atoms with Crippen molar-refractivity contribution in [3.05, 3.63) is 47.5 Å². The van der Waals surface area contributed by atoms with E-state index in [1.165, 1.54) is 11.9 Å². The molecule has 3 aromatic rings. The van der Waals surface area contributed by atoms with Gasteiger partial charge in [0.1, 0.15) is 12.1 Å². The number of hydrogen-bond donors (Lipinski definition) is 0. The second-order valence-electron chi connectivity index (χ2n) is 8.20. The van der Waals surface area contributed by atoms with Gasteiger partial charge in [0.2, 0.25) is 5.91 Å². The van der Waals surface area contributed by atoms with Crippen molar-refractivity contribution in [2.45, 2.75) is 32.4 Å². The minimum absolute atomic E-state index is 0.0415. The maximum absolute atomic E-state index is 14.0. The smallest absolute Gasteiger partial charge is 0.311 e. The number of halogens is 2. The number of benzene rings is 2. The highest BCUT2D eigenvalue weighted by Gasteiger charge is 2.32. The van der Waals surface area contributed by atoms with Crippen LogP contribution in [-0.4, -0.2) is 50.3 Å². The van der Waals surface area contributed by atoms with E-state index in [4.69, 9.17) is 0 Å².